The molecule has 1 saturated heterocycles. The first kappa shape index (κ1) is 7.24. The number of carbonyl (C=O) groups is 1. The molecule has 2 N–H and O–H groups in total. The van der Waals surface area contributed by atoms with E-state index in [9.17, 15) is 4.79 Å². The van der Waals surface area contributed by atoms with Crippen molar-refractivity contribution in [2.75, 3.05) is 6.61 Å². The van der Waals surface area contributed by atoms with Crippen molar-refractivity contribution in [2.45, 2.75) is 12.2 Å². The summed E-state index contributed by atoms with van der Waals surface area (Å²) in [5.74, 6) is -1.07. The molecule has 10 heavy (non-hydrogen) atoms. The van der Waals surface area contributed by atoms with E-state index in [1.807, 2.05) is 0 Å². The summed E-state index contributed by atoms with van der Waals surface area (Å²) in [5, 5.41) is 16.8. The highest BCUT2D eigenvalue weighted by Crippen LogP contribution is 2.27. The molecule has 0 amide bonds. The van der Waals surface area contributed by atoms with Crippen LogP contribution in [0.2, 0.25) is 0 Å². The standard InChI is InChI=1S/C6H8O4/c1-3(6(8)9)5-4(2-7)10-5/h4-5,7H,1-2H2,(H,8,9). The quantitative estimate of drug-likeness (QED) is 0.409. The van der Waals surface area contributed by atoms with Crippen LogP contribution in [0.15, 0.2) is 12.2 Å². The average molecular weight is 144 g/mol. The van der Waals surface area contributed by atoms with Crippen LogP contribution in [0.3, 0.4) is 0 Å². The van der Waals surface area contributed by atoms with Crippen molar-refractivity contribution < 1.29 is 19.7 Å². The normalized spacial score (nSPS) is 29.7. The van der Waals surface area contributed by atoms with E-state index in [1.165, 1.54) is 0 Å². The van der Waals surface area contributed by atoms with Gasteiger partial charge >= 0.3 is 5.97 Å². The minimum Gasteiger partial charge on any atom is -0.478 e. The number of epoxide rings is 1. The SMILES string of the molecule is C=C(C(=O)O)C1OC1CO. The second-order valence-electron chi connectivity index (χ2n) is 2.11. The van der Waals surface area contributed by atoms with Crippen LogP contribution in [0.4, 0.5) is 0 Å². The summed E-state index contributed by atoms with van der Waals surface area (Å²) >= 11 is 0. The Labute approximate surface area is 57.7 Å². The van der Waals surface area contributed by atoms with E-state index >= 15 is 0 Å². The number of ether oxygens (including phenoxy) is 1. The number of carboxylic acids is 1. The predicted octanol–water partition coefficient (Wildman–Crippen LogP) is -0.613. The van der Waals surface area contributed by atoms with Gasteiger partial charge in [0.25, 0.3) is 0 Å². The minimum absolute atomic E-state index is 0.0130. The Balaban J connectivity index is 2.40. The summed E-state index contributed by atoms with van der Waals surface area (Å²) in [4.78, 5) is 10.2. The molecule has 0 aliphatic carbocycles. The van der Waals surface area contributed by atoms with Gasteiger partial charge in [-0.3, -0.25) is 0 Å². The maximum absolute atomic E-state index is 10.2. The highest BCUT2D eigenvalue weighted by molar-refractivity contribution is 5.87. The van der Waals surface area contributed by atoms with Gasteiger partial charge in [0.15, 0.2) is 0 Å². The molecule has 1 aliphatic heterocycles. The Hall–Kier alpha value is -0.870. The van der Waals surface area contributed by atoms with Gasteiger partial charge in [0, 0.05) is 0 Å². The zero-order valence-electron chi connectivity index (χ0n) is 5.28. The van der Waals surface area contributed by atoms with E-state index in [0.29, 0.717) is 0 Å². The average Bonchev–Trinajstić information content (AvgIpc) is 2.64. The van der Waals surface area contributed by atoms with Crippen molar-refractivity contribution in [2.24, 2.45) is 0 Å². The summed E-state index contributed by atoms with van der Waals surface area (Å²) in [6, 6.07) is 0. The van der Waals surface area contributed by atoms with Crippen LogP contribution in [0.1, 0.15) is 0 Å². The van der Waals surface area contributed by atoms with Gasteiger partial charge in [0.2, 0.25) is 0 Å². The predicted molar refractivity (Wildman–Crippen MR) is 32.5 cm³/mol. The molecular weight excluding hydrogens is 136 g/mol. The van der Waals surface area contributed by atoms with E-state index < -0.39 is 12.1 Å². The second kappa shape index (κ2) is 2.40. The molecule has 56 valence electrons. The molecule has 4 heteroatoms. The molecule has 1 rings (SSSR count). The fraction of sp³-hybridized carbons (Fsp3) is 0.500. The third kappa shape index (κ3) is 1.17. The number of rotatable bonds is 3. The minimum atomic E-state index is -1.07. The largest absolute Gasteiger partial charge is 0.478 e. The van der Waals surface area contributed by atoms with Crippen molar-refractivity contribution in [3.05, 3.63) is 12.2 Å². The van der Waals surface area contributed by atoms with Crippen LogP contribution in [-0.2, 0) is 9.53 Å². The van der Waals surface area contributed by atoms with Gasteiger partial charge in [0.05, 0.1) is 12.2 Å². The number of aliphatic hydroxyl groups is 1. The Morgan fingerprint density at radius 2 is 2.30 bits per heavy atom. The molecule has 1 heterocycles. The van der Waals surface area contributed by atoms with Crippen molar-refractivity contribution in [1.82, 2.24) is 0 Å². The molecule has 0 aromatic carbocycles. The zero-order chi connectivity index (χ0) is 7.72. The maximum Gasteiger partial charge on any atom is 0.333 e. The third-order valence-corrected chi connectivity index (χ3v) is 1.38. The fourth-order valence-corrected chi connectivity index (χ4v) is 0.710. The molecule has 0 aromatic heterocycles. The van der Waals surface area contributed by atoms with E-state index in [1.54, 1.807) is 0 Å². The highest BCUT2D eigenvalue weighted by atomic mass is 16.6. The molecule has 0 spiro atoms. The van der Waals surface area contributed by atoms with Gasteiger partial charge in [-0.1, -0.05) is 6.58 Å². The maximum atomic E-state index is 10.2. The van der Waals surface area contributed by atoms with E-state index in [0.717, 1.165) is 0 Å². The molecule has 0 saturated carbocycles. The fourth-order valence-electron chi connectivity index (χ4n) is 0.710. The first-order valence-electron chi connectivity index (χ1n) is 2.85. The summed E-state index contributed by atoms with van der Waals surface area (Å²) in [7, 11) is 0. The molecule has 0 bridgehead atoms. The Morgan fingerprint density at radius 1 is 1.70 bits per heavy atom. The van der Waals surface area contributed by atoms with Gasteiger partial charge in [-0.2, -0.15) is 0 Å². The third-order valence-electron chi connectivity index (χ3n) is 1.38. The molecule has 0 radical (unpaired) electrons. The number of aliphatic hydroxyl groups excluding tert-OH is 1. The van der Waals surface area contributed by atoms with Crippen LogP contribution in [-0.4, -0.2) is 35.0 Å². The van der Waals surface area contributed by atoms with Gasteiger partial charge < -0.3 is 14.9 Å². The summed E-state index contributed by atoms with van der Waals surface area (Å²) in [6.45, 7) is 3.14. The molecular formula is C6H8O4. The lowest BCUT2D eigenvalue weighted by Gasteiger charge is -1.90. The Bertz CT molecular complexity index is 175. The lowest BCUT2D eigenvalue weighted by atomic mass is 10.2. The van der Waals surface area contributed by atoms with Crippen LogP contribution < -0.4 is 0 Å². The molecule has 2 atom stereocenters. The number of hydrogen-bond acceptors (Lipinski definition) is 3. The van der Waals surface area contributed by atoms with Gasteiger partial charge in [-0.15, -0.1) is 0 Å². The van der Waals surface area contributed by atoms with Crippen LogP contribution >= 0.6 is 0 Å². The number of hydrogen-bond donors (Lipinski definition) is 2. The van der Waals surface area contributed by atoms with Crippen LogP contribution in [0.25, 0.3) is 0 Å². The summed E-state index contributed by atoms with van der Waals surface area (Å²) in [6.07, 6.45) is -0.814. The molecule has 2 unspecified atom stereocenters. The molecule has 4 nitrogen and oxygen atoms in total. The molecule has 1 fully saturated rings. The van der Waals surface area contributed by atoms with Gasteiger partial charge in [-0.05, 0) is 0 Å². The first-order valence-corrected chi connectivity index (χ1v) is 2.85. The summed E-state index contributed by atoms with van der Waals surface area (Å²) < 4.78 is 4.76. The molecule has 1 aliphatic rings. The number of aliphatic carboxylic acids is 1. The van der Waals surface area contributed by atoms with Crippen molar-refractivity contribution in [1.29, 1.82) is 0 Å². The van der Waals surface area contributed by atoms with E-state index in [-0.39, 0.29) is 18.3 Å². The van der Waals surface area contributed by atoms with Crippen LogP contribution in [0.5, 0.6) is 0 Å². The first-order chi connectivity index (χ1) is 4.66. The lowest BCUT2D eigenvalue weighted by molar-refractivity contribution is -0.132. The monoisotopic (exact) mass is 144 g/mol. The number of carboxylic acid groups (broad SMARTS) is 1. The smallest absolute Gasteiger partial charge is 0.333 e. The van der Waals surface area contributed by atoms with E-state index in [4.69, 9.17) is 14.9 Å². The van der Waals surface area contributed by atoms with Gasteiger partial charge in [0.1, 0.15) is 12.2 Å². The van der Waals surface area contributed by atoms with Crippen molar-refractivity contribution >= 4 is 5.97 Å². The second-order valence-corrected chi connectivity index (χ2v) is 2.11. The van der Waals surface area contributed by atoms with Gasteiger partial charge in [-0.25, -0.2) is 4.79 Å². The zero-order valence-corrected chi connectivity index (χ0v) is 5.28. The van der Waals surface area contributed by atoms with Crippen molar-refractivity contribution in [3.8, 4) is 0 Å². The topological polar surface area (TPSA) is 70.1 Å². The van der Waals surface area contributed by atoms with Crippen LogP contribution in [0, 0.1) is 0 Å². The molecule has 0 aromatic rings. The van der Waals surface area contributed by atoms with Crippen molar-refractivity contribution in [3.63, 3.8) is 0 Å². The highest BCUT2D eigenvalue weighted by Gasteiger charge is 2.42. The van der Waals surface area contributed by atoms with E-state index in [2.05, 4.69) is 6.58 Å². The lowest BCUT2D eigenvalue weighted by Crippen LogP contribution is -2.09. The summed E-state index contributed by atoms with van der Waals surface area (Å²) in [5.41, 5.74) is 0.0130. The Morgan fingerprint density at radius 3 is 2.60 bits per heavy atom. The Kier molecular flexibility index (Phi) is 1.74.